The number of hydrogen-bond acceptors (Lipinski definition) is 4. The van der Waals surface area contributed by atoms with Gasteiger partial charge in [-0.1, -0.05) is 6.42 Å². The maximum atomic E-state index is 12.0. The van der Waals surface area contributed by atoms with Gasteiger partial charge in [0.1, 0.15) is 0 Å². The molecule has 1 aliphatic rings. The Bertz CT molecular complexity index is 465. The molecule has 1 saturated heterocycles. The van der Waals surface area contributed by atoms with Crippen molar-refractivity contribution in [2.45, 2.75) is 32.2 Å². The van der Waals surface area contributed by atoms with Crippen LogP contribution < -0.4 is 10.6 Å². The number of esters is 1. The zero-order chi connectivity index (χ0) is 14.4. The van der Waals surface area contributed by atoms with E-state index in [1.165, 1.54) is 0 Å². The van der Waals surface area contributed by atoms with Crippen molar-refractivity contribution in [2.24, 2.45) is 0 Å². The summed E-state index contributed by atoms with van der Waals surface area (Å²) in [6.45, 7) is 3.01. The molecule has 1 aliphatic heterocycles. The van der Waals surface area contributed by atoms with E-state index in [2.05, 4.69) is 10.6 Å². The number of carbonyl (C=O) groups excluding carboxylic acids is 2. The van der Waals surface area contributed by atoms with Crippen LogP contribution in [0.5, 0.6) is 0 Å². The van der Waals surface area contributed by atoms with Crippen LogP contribution in [0.25, 0.3) is 0 Å². The summed E-state index contributed by atoms with van der Waals surface area (Å²) in [4.78, 5) is 23.5. The monoisotopic (exact) mass is 276 g/mol. The summed E-state index contributed by atoms with van der Waals surface area (Å²) in [5.41, 5.74) is 1.18. The fourth-order valence-electron chi connectivity index (χ4n) is 2.21. The van der Waals surface area contributed by atoms with E-state index in [9.17, 15) is 9.59 Å². The SMILES string of the molecule is CCOC(=O)c1ccc(NC(=O)C2CCCCN2)cc1. The molecule has 0 radical (unpaired) electrons. The summed E-state index contributed by atoms with van der Waals surface area (Å²) in [7, 11) is 0. The van der Waals surface area contributed by atoms with Gasteiger partial charge in [0.05, 0.1) is 18.2 Å². The van der Waals surface area contributed by atoms with Crippen LogP contribution in [0.4, 0.5) is 5.69 Å². The lowest BCUT2D eigenvalue weighted by Gasteiger charge is -2.22. The topological polar surface area (TPSA) is 67.4 Å². The van der Waals surface area contributed by atoms with Crippen molar-refractivity contribution in [2.75, 3.05) is 18.5 Å². The number of rotatable bonds is 4. The van der Waals surface area contributed by atoms with Crippen LogP contribution in [0, 0.1) is 0 Å². The third-order valence-corrected chi connectivity index (χ3v) is 3.29. The van der Waals surface area contributed by atoms with Crippen molar-refractivity contribution in [3.63, 3.8) is 0 Å². The Morgan fingerprint density at radius 3 is 2.65 bits per heavy atom. The van der Waals surface area contributed by atoms with Gasteiger partial charge in [-0.3, -0.25) is 4.79 Å². The molecular weight excluding hydrogens is 256 g/mol. The summed E-state index contributed by atoms with van der Waals surface area (Å²) in [6.07, 6.45) is 3.07. The minimum atomic E-state index is -0.348. The lowest BCUT2D eigenvalue weighted by Crippen LogP contribution is -2.43. The van der Waals surface area contributed by atoms with Gasteiger partial charge >= 0.3 is 5.97 Å². The molecule has 1 fully saturated rings. The summed E-state index contributed by atoms with van der Waals surface area (Å²) in [5, 5.41) is 6.06. The molecule has 2 rings (SSSR count). The quantitative estimate of drug-likeness (QED) is 0.825. The summed E-state index contributed by atoms with van der Waals surface area (Å²) in [6, 6.07) is 6.62. The van der Waals surface area contributed by atoms with Crippen molar-refractivity contribution in [1.82, 2.24) is 5.32 Å². The minimum absolute atomic E-state index is 0.0198. The van der Waals surface area contributed by atoms with Crippen LogP contribution in [0.3, 0.4) is 0 Å². The lowest BCUT2D eigenvalue weighted by atomic mass is 10.0. The average molecular weight is 276 g/mol. The van der Waals surface area contributed by atoms with Gasteiger partial charge in [-0.2, -0.15) is 0 Å². The molecule has 5 heteroatoms. The van der Waals surface area contributed by atoms with Gasteiger partial charge in [-0.25, -0.2) is 4.79 Å². The van der Waals surface area contributed by atoms with Crippen LogP contribution in [0.15, 0.2) is 24.3 Å². The molecule has 1 amide bonds. The third-order valence-electron chi connectivity index (χ3n) is 3.29. The first kappa shape index (κ1) is 14.5. The highest BCUT2D eigenvalue weighted by Gasteiger charge is 2.20. The van der Waals surface area contributed by atoms with Crippen molar-refractivity contribution >= 4 is 17.6 Å². The van der Waals surface area contributed by atoms with E-state index in [0.29, 0.717) is 17.9 Å². The van der Waals surface area contributed by atoms with Gasteiger partial charge in [-0.15, -0.1) is 0 Å². The third kappa shape index (κ3) is 3.81. The first-order valence-corrected chi connectivity index (χ1v) is 7.02. The molecule has 0 aromatic heterocycles. The molecule has 1 unspecified atom stereocenters. The van der Waals surface area contributed by atoms with E-state index >= 15 is 0 Å². The number of piperidine rings is 1. The van der Waals surface area contributed by atoms with Gasteiger partial charge in [0.25, 0.3) is 0 Å². The molecule has 5 nitrogen and oxygen atoms in total. The highest BCUT2D eigenvalue weighted by molar-refractivity contribution is 5.95. The predicted molar refractivity (Wildman–Crippen MR) is 76.7 cm³/mol. The molecule has 0 bridgehead atoms. The number of ether oxygens (including phenoxy) is 1. The largest absolute Gasteiger partial charge is 0.462 e. The van der Waals surface area contributed by atoms with E-state index in [4.69, 9.17) is 4.74 Å². The summed E-state index contributed by atoms with van der Waals surface area (Å²) < 4.78 is 4.91. The maximum Gasteiger partial charge on any atom is 0.338 e. The second kappa shape index (κ2) is 7.05. The zero-order valence-corrected chi connectivity index (χ0v) is 11.6. The molecular formula is C15H20N2O3. The highest BCUT2D eigenvalue weighted by atomic mass is 16.5. The maximum absolute atomic E-state index is 12.0. The molecule has 108 valence electrons. The zero-order valence-electron chi connectivity index (χ0n) is 11.6. The van der Waals surface area contributed by atoms with E-state index in [1.807, 2.05) is 0 Å². The number of carbonyl (C=O) groups is 2. The van der Waals surface area contributed by atoms with Crippen LogP contribution in [0.1, 0.15) is 36.5 Å². The normalized spacial score (nSPS) is 18.4. The Kier molecular flexibility index (Phi) is 5.12. The second-order valence-electron chi connectivity index (χ2n) is 4.79. The fraction of sp³-hybridized carbons (Fsp3) is 0.467. The van der Waals surface area contributed by atoms with Crippen LogP contribution in [0.2, 0.25) is 0 Å². The van der Waals surface area contributed by atoms with Crippen molar-refractivity contribution < 1.29 is 14.3 Å². The Labute approximate surface area is 118 Å². The van der Waals surface area contributed by atoms with E-state index < -0.39 is 0 Å². The minimum Gasteiger partial charge on any atom is -0.462 e. The van der Waals surface area contributed by atoms with E-state index in [1.54, 1.807) is 31.2 Å². The van der Waals surface area contributed by atoms with Gasteiger partial charge in [0.2, 0.25) is 5.91 Å². The van der Waals surface area contributed by atoms with Gasteiger partial charge in [-0.05, 0) is 50.6 Å². The van der Waals surface area contributed by atoms with Gasteiger partial charge in [0, 0.05) is 5.69 Å². The first-order chi connectivity index (χ1) is 9.70. The van der Waals surface area contributed by atoms with Crippen LogP contribution >= 0.6 is 0 Å². The van der Waals surface area contributed by atoms with Gasteiger partial charge in [0.15, 0.2) is 0 Å². The molecule has 0 spiro atoms. The number of anilines is 1. The Morgan fingerprint density at radius 2 is 2.05 bits per heavy atom. The Morgan fingerprint density at radius 1 is 1.30 bits per heavy atom. The molecule has 1 aromatic rings. The fourth-order valence-corrected chi connectivity index (χ4v) is 2.21. The highest BCUT2D eigenvalue weighted by Crippen LogP contribution is 2.13. The summed E-state index contributed by atoms with van der Waals surface area (Å²) in [5.74, 6) is -0.368. The van der Waals surface area contributed by atoms with Gasteiger partial charge < -0.3 is 15.4 Å². The predicted octanol–water partition coefficient (Wildman–Crippen LogP) is 1.94. The Balaban J connectivity index is 1.92. The number of benzene rings is 1. The molecule has 1 heterocycles. The van der Waals surface area contributed by atoms with Crippen molar-refractivity contribution in [3.05, 3.63) is 29.8 Å². The smallest absolute Gasteiger partial charge is 0.338 e. The molecule has 1 atom stereocenters. The van der Waals surface area contributed by atoms with Crippen molar-refractivity contribution in [3.8, 4) is 0 Å². The molecule has 0 saturated carbocycles. The Hall–Kier alpha value is -1.88. The first-order valence-electron chi connectivity index (χ1n) is 7.02. The van der Waals surface area contributed by atoms with Crippen LogP contribution in [-0.2, 0) is 9.53 Å². The van der Waals surface area contributed by atoms with E-state index in [-0.39, 0.29) is 17.9 Å². The number of hydrogen-bond donors (Lipinski definition) is 2. The molecule has 0 aliphatic carbocycles. The molecule has 1 aromatic carbocycles. The van der Waals surface area contributed by atoms with E-state index in [0.717, 1.165) is 25.8 Å². The van der Waals surface area contributed by atoms with Crippen LogP contribution in [-0.4, -0.2) is 31.1 Å². The lowest BCUT2D eigenvalue weighted by molar-refractivity contribution is -0.118. The summed E-state index contributed by atoms with van der Waals surface area (Å²) >= 11 is 0. The van der Waals surface area contributed by atoms with Crippen molar-refractivity contribution in [1.29, 1.82) is 0 Å². The average Bonchev–Trinajstić information content (AvgIpc) is 2.49. The standard InChI is InChI=1S/C15H20N2O3/c1-2-20-15(19)11-6-8-12(9-7-11)17-14(18)13-5-3-4-10-16-13/h6-9,13,16H,2-5,10H2,1H3,(H,17,18). The second-order valence-corrected chi connectivity index (χ2v) is 4.79. The number of nitrogens with one attached hydrogen (secondary N) is 2. The number of amides is 1. The molecule has 20 heavy (non-hydrogen) atoms. The molecule has 2 N–H and O–H groups in total.